The van der Waals surface area contributed by atoms with Crippen LogP contribution in [0.4, 0.5) is 22.7 Å². The van der Waals surface area contributed by atoms with Crippen LogP contribution < -0.4 is 133 Å². The van der Waals surface area contributed by atoms with Crippen LogP contribution in [0, 0.1) is 0 Å². The standard InChI is InChI=1S/C35H26N4O16S3.4Na/c1-54-26-12-16(3-8-23(26)36-38-31-20-6-5-19(56(45,46)47)11-18(20)14-29(34(31)42)58(51,52)53)17-4-9-24(27(13-17)55-2)37-39-32-25(40)10-7-21-28(57(48,49)50)15-22(35(43)44)33(41)30(21)32;;;;/h3-15,40-42H,1-2H3,(H,43,44)(H,45,46,47)(H,48,49,50)(H,51,52,53);;;;/q;4*+1/p-4. The molecule has 0 unspecified atom stereocenters. The fourth-order valence-corrected chi connectivity index (χ4v) is 7.58. The van der Waals surface area contributed by atoms with E-state index >= 15 is 0 Å². The number of methoxy groups -OCH3 is 2. The van der Waals surface area contributed by atoms with Crippen LogP contribution in [0.5, 0.6) is 28.7 Å². The summed E-state index contributed by atoms with van der Waals surface area (Å²) in [5, 5.41) is 58.2. The number of nitrogens with zero attached hydrogens (tertiary/aromatic N) is 4. The van der Waals surface area contributed by atoms with Crippen molar-refractivity contribution in [1.82, 2.24) is 0 Å². The van der Waals surface area contributed by atoms with E-state index in [-0.39, 0.29) is 152 Å². The Balaban J connectivity index is 0.00000331. The molecule has 27 heteroatoms. The van der Waals surface area contributed by atoms with Gasteiger partial charge in [-0.25, -0.2) is 25.3 Å². The normalized spacial score (nSPS) is 11.7. The molecule has 0 saturated heterocycles. The van der Waals surface area contributed by atoms with E-state index in [0.29, 0.717) is 23.3 Å². The Morgan fingerprint density at radius 2 is 1.06 bits per heavy atom. The van der Waals surface area contributed by atoms with Crippen molar-refractivity contribution in [2.24, 2.45) is 20.5 Å². The molecule has 6 aromatic rings. The third-order valence-corrected chi connectivity index (χ3v) is 11.0. The molecule has 0 aliphatic rings. The second-order valence-electron chi connectivity index (χ2n) is 11.9. The summed E-state index contributed by atoms with van der Waals surface area (Å²) in [6.07, 6.45) is 0. The van der Waals surface area contributed by atoms with E-state index in [1.165, 1.54) is 38.5 Å². The molecule has 20 nitrogen and oxygen atoms in total. The first-order chi connectivity index (χ1) is 27.1. The van der Waals surface area contributed by atoms with Gasteiger partial charge in [0.15, 0.2) is 5.75 Å². The number of carboxylic acids is 1. The Morgan fingerprint density at radius 1 is 0.565 bits per heavy atom. The van der Waals surface area contributed by atoms with Crippen molar-refractivity contribution in [2.45, 2.75) is 14.7 Å². The molecule has 62 heavy (non-hydrogen) atoms. The van der Waals surface area contributed by atoms with E-state index in [0.717, 1.165) is 30.3 Å². The van der Waals surface area contributed by atoms with E-state index in [2.05, 4.69) is 20.5 Å². The number of carboxylic acid groups (broad SMARTS) is 1. The largest absolute Gasteiger partial charge is 1.00 e. The van der Waals surface area contributed by atoms with Crippen LogP contribution >= 0.6 is 0 Å². The number of hydrogen-bond donors (Lipinski definition) is 3. The molecular weight excluding hydrogens is 921 g/mol. The number of benzene rings is 6. The monoisotopic (exact) mass is 942 g/mol. The summed E-state index contributed by atoms with van der Waals surface area (Å²) in [6, 6.07) is 14.8. The molecule has 300 valence electrons. The van der Waals surface area contributed by atoms with E-state index in [9.17, 15) is 64.1 Å². The first-order valence-electron chi connectivity index (χ1n) is 15.7. The van der Waals surface area contributed by atoms with Crippen LogP contribution in [0.1, 0.15) is 10.4 Å². The fourth-order valence-electron chi connectivity index (χ4n) is 5.77. The van der Waals surface area contributed by atoms with E-state index < -0.39 is 96.0 Å². The number of aromatic carboxylic acids is 1. The Bertz CT molecular complexity index is 3160. The molecule has 0 heterocycles. The summed E-state index contributed by atoms with van der Waals surface area (Å²) in [4.78, 5) is 8.75. The molecule has 0 aliphatic carbocycles. The number of hydrogen-bond acceptors (Lipinski definition) is 20. The number of aromatic hydroxyl groups is 3. The van der Waals surface area contributed by atoms with Crippen molar-refractivity contribution >= 4 is 80.6 Å². The van der Waals surface area contributed by atoms with Crippen LogP contribution in [-0.4, -0.2) is 74.4 Å². The zero-order valence-electron chi connectivity index (χ0n) is 33.2. The Kier molecular flexibility index (Phi) is 19.2. The van der Waals surface area contributed by atoms with Crippen molar-refractivity contribution in [3.8, 4) is 39.9 Å². The number of phenols is 3. The van der Waals surface area contributed by atoms with Crippen LogP contribution in [0.3, 0.4) is 0 Å². The molecule has 3 N–H and O–H groups in total. The predicted octanol–water partition coefficient (Wildman–Crippen LogP) is -7.28. The predicted molar refractivity (Wildman–Crippen MR) is 194 cm³/mol. The van der Waals surface area contributed by atoms with Gasteiger partial charge < -0.3 is 48.4 Å². The quantitative estimate of drug-likeness (QED) is 0.0617. The van der Waals surface area contributed by atoms with Crippen LogP contribution in [0.15, 0.2) is 114 Å². The summed E-state index contributed by atoms with van der Waals surface area (Å²) < 4.78 is 117. The molecule has 0 amide bonds. The second kappa shape index (κ2) is 21.5. The maximum atomic E-state index is 12.0. The molecule has 0 aliphatic heterocycles. The van der Waals surface area contributed by atoms with Gasteiger partial charge in [-0.1, -0.05) is 18.2 Å². The molecule has 0 radical (unpaired) electrons. The molecule has 0 saturated carbocycles. The van der Waals surface area contributed by atoms with Gasteiger partial charge in [0.25, 0.3) is 0 Å². The summed E-state index contributed by atoms with van der Waals surface area (Å²) in [5.41, 5.74) is -1.18. The molecule has 6 aromatic carbocycles. The topological polar surface area (TPSA) is 340 Å². The number of carbonyl (C=O) groups excluding carboxylic acids is 1. The SMILES string of the molecule is COc1cc(-c2ccc(N=Nc3c(O)ccc4c(S(=O)(=O)[O-])cc(C(=O)[O-])c(O)c34)c(OC)c2)ccc1N=Nc1c(O)c(S(=O)(=O)[O-])cc2cc(S(=O)(=O)[O-])ccc12.[Na+].[Na+].[Na+].[Na+]. The molecule has 0 spiro atoms. The van der Waals surface area contributed by atoms with Gasteiger partial charge in [-0.2, -0.15) is 0 Å². The number of phenolic OH excluding ortho intramolecular Hbond substituents is 2. The Morgan fingerprint density at radius 3 is 1.53 bits per heavy atom. The van der Waals surface area contributed by atoms with Gasteiger partial charge >= 0.3 is 118 Å². The minimum atomic E-state index is -5.33. The van der Waals surface area contributed by atoms with Gasteiger partial charge in [-0.15, -0.1) is 20.5 Å². The summed E-state index contributed by atoms with van der Waals surface area (Å²) in [6.45, 7) is 0. The Labute approximate surface area is 440 Å². The van der Waals surface area contributed by atoms with Gasteiger partial charge in [-0.05, 0) is 77.2 Å². The van der Waals surface area contributed by atoms with E-state index in [4.69, 9.17) is 9.47 Å². The van der Waals surface area contributed by atoms with Crippen molar-refractivity contribution in [3.63, 3.8) is 0 Å². The summed E-state index contributed by atoms with van der Waals surface area (Å²) >= 11 is 0. The zero-order valence-corrected chi connectivity index (χ0v) is 43.6. The smallest absolute Gasteiger partial charge is 0.744 e. The number of ether oxygens (including phenoxy) is 2. The average molecular weight is 943 g/mol. The zero-order chi connectivity index (χ0) is 42.5. The summed E-state index contributed by atoms with van der Waals surface area (Å²) in [5.74, 6) is -4.66. The Hall–Kier alpha value is -2.76. The van der Waals surface area contributed by atoms with Gasteiger partial charge in [-0.3, -0.25) is 0 Å². The molecule has 0 fully saturated rings. The van der Waals surface area contributed by atoms with Crippen molar-refractivity contribution in [1.29, 1.82) is 0 Å². The molecule has 6 rings (SSSR count). The molecular formula is C35H22N4Na4O16S3. The van der Waals surface area contributed by atoms with Crippen LogP contribution in [0.2, 0.25) is 0 Å². The minimum absolute atomic E-state index is 0. The molecule has 0 aromatic heterocycles. The van der Waals surface area contributed by atoms with Crippen molar-refractivity contribution in [3.05, 3.63) is 84.4 Å². The first kappa shape index (κ1) is 55.4. The van der Waals surface area contributed by atoms with Crippen molar-refractivity contribution < 1.29 is 192 Å². The van der Waals surface area contributed by atoms with Gasteiger partial charge in [0.2, 0.25) is 0 Å². The second-order valence-corrected chi connectivity index (χ2v) is 16.0. The number of rotatable bonds is 11. The van der Waals surface area contributed by atoms with Gasteiger partial charge in [0.05, 0.1) is 40.3 Å². The maximum absolute atomic E-state index is 12.0. The van der Waals surface area contributed by atoms with Gasteiger partial charge in [0, 0.05) is 16.3 Å². The van der Waals surface area contributed by atoms with Crippen LogP contribution in [0.25, 0.3) is 32.7 Å². The maximum Gasteiger partial charge on any atom is 1.00 e. The number of carbonyl (C=O) groups is 1. The number of fused-ring (bicyclic) bond motifs is 2. The summed E-state index contributed by atoms with van der Waals surface area (Å²) in [7, 11) is -13.0. The average Bonchev–Trinajstić information content (AvgIpc) is 3.15. The van der Waals surface area contributed by atoms with Crippen LogP contribution in [-0.2, 0) is 30.4 Å². The first-order valence-corrected chi connectivity index (χ1v) is 20.0. The van der Waals surface area contributed by atoms with E-state index in [1.807, 2.05) is 0 Å². The van der Waals surface area contributed by atoms with Gasteiger partial charge in [0.1, 0.15) is 76.1 Å². The fraction of sp³-hybridized carbons (Fsp3) is 0.0571. The minimum Gasteiger partial charge on any atom is -0.744 e. The third-order valence-electron chi connectivity index (χ3n) is 8.47. The third kappa shape index (κ3) is 11.5. The van der Waals surface area contributed by atoms with Crippen molar-refractivity contribution in [2.75, 3.05) is 14.2 Å². The molecule has 0 atom stereocenters. The van der Waals surface area contributed by atoms with E-state index in [1.54, 1.807) is 12.1 Å². The number of azo groups is 2. The molecule has 0 bridgehead atoms.